The van der Waals surface area contributed by atoms with E-state index in [4.69, 9.17) is 4.74 Å². The number of aliphatic hydroxyl groups is 1. The molecule has 0 aliphatic heterocycles. The molecule has 1 N–H and O–H groups in total. The van der Waals surface area contributed by atoms with Crippen molar-refractivity contribution in [3.63, 3.8) is 0 Å². The molecular formula is C18H22O2. The van der Waals surface area contributed by atoms with Gasteiger partial charge in [-0.1, -0.05) is 43.3 Å². The Balaban J connectivity index is 2.28. The Morgan fingerprint density at radius 1 is 1.05 bits per heavy atom. The van der Waals surface area contributed by atoms with Crippen LogP contribution in [-0.4, -0.2) is 11.7 Å². The molecule has 2 aromatic carbocycles. The Labute approximate surface area is 121 Å². The molecule has 0 spiro atoms. The predicted molar refractivity (Wildman–Crippen MR) is 82.1 cm³/mol. The molecule has 2 nitrogen and oxygen atoms in total. The lowest BCUT2D eigenvalue weighted by molar-refractivity contribution is 0.101. The van der Waals surface area contributed by atoms with E-state index in [1.807, 2.05) is 62.4 Å². The second-order valence-corrected chi connectivity index (χ2v) is 5.26. The van der Waals surface area contributed by atoms with Gasteiger partial charge >= 0.3 is 0 Å². The third kappa shape index (κ3) is 3.02. The highest BCUT2D eigenvalue weighted by Crippen LogP contribution is 2.32. The van der Waals surface area contributed by atoms with Gasteiger partial charge < -0.3 is 9.84 Å². The topological polar surface area (TPSA) is 29.5 Å². The lowest BCUT2D eigenvalue weighted by atomic mass is 9.86. The molecule has 20 heavy (non-hydrogen) atoms. The standard InChI is InChI=1S/C18H22O2/c1-4-13-20-16-11-9-15(10-12-16)18(3,19)17-8-6-5-7-14(17)2/h5-12,19H,4,13H2,1-3H3. The fourth-order valence-corrected chi connectivity index (χ4v) is 2.37. The molecule has 2 aromatic rings. The Kier molecular flexibility index (Phi) is 4.46. The molecule has 0 aliphatic carbocycles. The molecule has 2 heteroatoms. The van der Waals surface area contributed by atoms with Gasteiger partial charge in [0.2, 0.25) is 0 Å². The first-order chi connectivity index (χ1) is 9.55. The van der Waals surface area contributed by atoms with Gasteiger partial charge in [0, 0.05) is 0 Å². The molecule has 0 radical (unpaired) electrons. The van der Waals surface area contributed by atoms with Crippen molar-refractivity contribution in [2.24, 2.45) is 0 Å². The van der Waals surface area contributed by atoms with E-state index in [1.54, 1.807) is 0 Å². The fourth-order valence-electron chi connectivity index (χ4n) is 2.37. The summed E-state index contributed by atoms with van der Waals surface area (Å²) in [4.78, 5) is 0. The lowest BCUT2D eigenvalue weighted by Gasteiger charge is -2.26. The second kappa shape index (κ2) is 6.10. The van der Waals surface area contributed by atoms with E-state index in [2.05, 4.69) is 6.92 Å². The highest BCUT2D eigenvalue weighted by molar-refractivity contribution is 5.41. The number of benzene rings is 2. The monoisotopic (exact) mass is 270 g/mol. The molecule has 0 saturated carbocycles. The van der Waals surface area contributed by atoms with Crippen LogP contribution in [0.25, 0.3) is 0 Å². The largest absolute Gasteiger partial charge is 0.494 e. The summed E-state index contributed by atoms with van der Waals surface area (Å²) in [5.74, 6) is 0.844. The number of hydrogen-bond acceptors (Lipinski definition) is 2. The van der Waals surface area contributed by atoms with Crippen molar-refractivity contribution in [3.8, 4) is 5.75 Å². The minimum atomic E-state index is -0.991. The zero-order chi connectivity index (χ0) is 14.6. The summed E-state index contributed by atoms with van der Waals surface area (Å²) in [6, 6.07) is 15.6. The summed E-state index contributed by atoms with van der Waals surface area (Å²) in [7, 11) is 0. The van der Waals surface area contributed by atoms with E-state index in [9.17, 15) is 5.11 Å². The van der Waals surface area contributed by atoms with Gasteiger partial charge in [0.15, 0.2) is 0 Å². The third-order valence-corrected chi connectivity index (χ3v) is 3.56. The van der Waals surface area contributed by atoms with Crippen LogP contribution < -0.4 is 4.74 Å². The van der Waals surface area contributed by atoms with Crippen molar-refractivity contribution in [2.75, 3.05) is 6.61 Å². The van der Waals surface area contributed by atoms with Gasteiger partial charge in [0.25, 0.3) is 0 Å². The Bertz CT molecular complexity index is 556. The summed E-state index contributed by atoms with van der Waals surface area (Å²) in [6.45, 7) is 6.64. The zero-order valence-corrected chi connectivity index (χ0v) is 12.4. The van der Waals surface area contributed by atoms with Crippen LogP contribution >= 0.6 is 0 Å². The molecule has 0 aromatic heterocycles. The molecular weight excluding hydrogens is 248 g/mol. The lowest BCUT2D eigenvalue weighted by Crippen LogP contribution is -2.23. The van der Waals surface area contributed by atoms with Crippen LogP contribution in [0.1, 0.15) is 37.0 Å². The molecule has 2 rings (SSSR count). The molecule has 1 atom stereocenters. The summed E-state index contributed by atoms with van der Waals surface area (Å²) in [5, 5.41) is 10.9. The first-order valence-electron chi connectivity index (χ1n) is 7.07. The van der Waals surface area contributed by atoms with Gasteiger partial charge in [-0.15, -0.1) is 0 Å². The number of ether oxygens (including phenoxy) is 1. The van der Waals surface area contributed by atoms with Crippen molar-refractivity contribution in [2.45, 2.75) is 32.8 Å². The number of hydrogen-bond donors (Lipinski definition) is 1. The minimum absolute atomic E-state index is 0.716. The van der Waals surface area contributed by atoms with E-state index in [-0.39, 0.29) is 0 Å². The van der Waals surface area contributed by atoms with Crippen LogP contribution in [-0.2, 0) is 5.60 Å². The Hall–Kier alpha value is -1.80. The van der Waals surface area contributed by atoms with Gasteiger partial charge in [-0.25, -0.2) is 0 Å². The summed E-state index contributed by atoms with van der Waals surface area (Å²) < 4.78 is 5.57. The molecule has 0 bridgehead atoms. The summed E-state index contributed by atoms with van der Waals surface area (Å²) in [5.41, 5.74) is 1.90. The van der Waals surface area contributed by atoms with Crippen molar-refractivity contribution in [3.05, 3.63) is 65.2 Å². The van der Waals surface area contributed by atoms with Crippen molar-refractivity contribution in [1.29, 1.82) is 0 Å². The summed E-state index contributed by atoms with van der Waals surface area (Å²) in [6.07, 6.45) is 0.989. The van der Waals surface area contributed by atoms with Crippen molar-refractivity contribution >= 4 is 0 Å². The molecule has 0 fully saturated rings. The molecule has 1 unspecified atom stereocenters. The first kappa shape index (κ1) is 14.6. The quantitative estimate of drug-likeness (QED) is 0.888. The first-order valence-corrected chi connectivity index (χ1v) is 7.07. The molecule has 0 aliphatic rings. The Morgan fingerprint density at radius 3 is 2.30 bits per heavy atom. The maximum absolute atomic E-state index is 10.9. The van der Waals surface area contributed by atoms with Gasteiger partial charge in [-0.05, 0) is 49.1 Å². The Morgan fingerprint density at radius 2 is 1.70 bits per heavy atom. The van der Waals surface area contributed by atoms with Gasteiger partial charge in [0.1, 0.15) is 11.4 Å². The number of rotatable bonds is 5. The highest BCUT2D eigenvalue weighted by atomic mass is 16.5. The van der Waals surface area contributed by atoms with E-state index >= 15 is 0 Å². The average molecular weight is 270 g/mol. The van der Waals surface area contributed by atoms with Gasteiger partial charge in [0.05, 0.1) is 6.61 Å². The molecule has 0 heterocycles. The van der Waals surface area contributed by atoms with Crippen LogP contribution in [0.4, 0.5) is 0 Å². The maximum atomic E-state index is 10.9. The second-order valence-electron chi connectivity index (χ2n) is 5.26. The van der Waals surface area contributed by atoms with E-state index in [0.717, 1.165) is 28.9 Å². The third-order valence-electron chi connectivity index (χ3n) is 3.56. The molecule has 0 saturated heterocycles. The SMILES string of the molecule is CCCOc1ccc(C(C)(O)c2ccccc2C)cc1. The highest BCUT2D eigenvalue weighted by Gasteiger charge is 2.26. The van der Waals surface area contributed by atoms with Crippen LogP contribution in [0.15, 0.2) is 48.5 Å². The van der Waals surface area contributed by atoms with Crippen LogP contribution in [0.3, 0.4) is 0 Å². The average Bonchev–Trinajstić information content (AvgIpc) is 2.46. The van der Waals surface area contributed by atoms with E-state index in [1.165, 1.54) is 0 Å². The normalized spacial score (nSPS) is 13.8. The fraction of sp³-hybridized carbons (Fsp3) is 0.333. The van der Waals surface area contributed by atoms with Crippen LogP contribution in [0.2, 0.25) is 0 Å². The van der Waals surface area contributed by atoms with Crippen LogP contribution in [0.5, 0.6) is 5.75 Å². The van der Waals surface area contributed by atoms with E-state index in [0.29, 0.717) is 6.61 Å². The summed E-state index contributed by atoms with van der Waals surface area (Å²) >= 11 is 0. The minimum Gasteiger partial charge on any atom is -0.494 e. The van der Waals surface area contributed by atoms with Gasteiger partial charge in [-0.2, -0.15) is 0 Å². The zero-order valence-electron chi connectivity index (χ0n) is 12.4. The van der Waals surface area contributed by atoms with Crippen molar-refractivity contribution in [1.82, 2.24) is 0 Å². The maximum Gasteiger partial charge on any atom is 0.119 e. The van der Waals surface area contributed by atoms with Gasteiger partial charge in [-0.3, -0.25) is 0 Å². The van der Waals surface area contributed by atoms with Crippen LogP contribution in [0, 0.1) is 6.92 Å². The van der Waals surface area contributed by atoms with E-state index < -0.39 is 5.60 Å². The molecule has 106 valence electrons. The molecule has 0 amide bonds. The predicted octanol–water partition coefficient (Wildman–Crippen LogP) is 4.04. The van der Waals surface area contributed by atoms with Crippen molar-refractivity contribution < 1.29 is 9.84 Å². The number of aryl methyl sites for hydroxylation is 1. The smallest absolute Gasteiger partial charge is 0.119 e.